The zero-order chi connectivity index (χ0) is 20.5. The monoisotopic (exact) mass is 394 g/mol. The molecular weight excluding hydrogens is 368 g/mol. The summed E-state index contributed by atoms with van der Waals surface area (Å²) in [5.41, 5.74) is 3.92. The van der Waals surface area contributed by atoms with Crippen molar-refractivity contribution in [3.05, 3.63) is 39.8 Å². The van der Waals surface area contributed by atoms with Gasteiger partial charge in [-0.15, -0.1) is 10.2 Å². The lowest BCUT2D eigenvalue weighted by Gasteiger charge is -2.33. The second-order valence-corrected chi connectivity index (χ2v) is 7.88. The number of aromatic amines is 1. The van der Waals surface area contributed by atoms with Gasteiger partial charge in [-0.1, -0.05) is 27.2 Å². The number of nitrogens with zero attached hydrogens (tertiary/aromatic N) is 5. The fourth-order valence-corrected chi connectivity index (χ4v) is 3.81. The van der Waals surface area contributed by atoms with Gasteiger partial charge in [0, 0.05) is 18.3 Å². The Morgan fingerprint density at radius 1 is 1.34 bits per heavy atom. The molecule has 3 aromatic heterocycles. The minimum absolute atomic E-state index is 0.143. The van der Waals surface area contributed by atoms with Crippen LogP contribution in [-0.4, -0.2) is 36.8 Å². The van der Waals surface area contributed by atoms with E-state index in [1.165, 1.54) is 0 Å². The van der Waals surface area contributed by atoms with Gasteiger partial charge in [-0.3, -0.25) is 4.79 Å². The summed E-state index contributed by atoms with van der Waals surface area (Å²) in [6.45, 7) is 9.16. The van der Waals surface area contributed by atoms with Crippen molar-refractivity contribution in [3.63, 3.8) is 0 Å². The van der Waals surface area contributed by atoms with Crippen LogP contribution in [0.15, 0.2) is 23.1 Å². The third kappa shape index (κ3) is 3.54. The molecule has 1 atom stereocenters. The number of hydrogen-bond donors (Lipinski definition) is 1. The molecule has 1 aliphatic rings. The molecule has 4 heterocycles. The van der Waals surface area contributed by atoms with Crippen molar-refractivity contribution in [1.29, 1.82) is 0 Å². The first kappa shape index (κ1) is 19.3. The lowest BCUT2D eigenvalue weighted by atomic mass is 9.89. The van der Waals surface area contributed by atoms with E-state index in [0.717, 1.165) is 47.7 Å². The summed E-state index contributed by atoms with van der Waals surface area (Å²) in [5, 5.41) is 14.0. The Hall–Kier alpha value is -3.03. The molecule has 0 aromatic carbocycles. The average molecular weight is 394 g/mol. The number of unbranched alkanes of at least 4 members (excludes halogenated alkanes) is 1. The predicted molar refractivity (Wildman–Crippen MR) is 110 cm³/mol. The van der Waals surface area contributed by atoms with Gasteiger partial charge in [0.2, 0.25) is 5.82 Å². The van der Waals surface area contributed by atoms with Crippen molar-refractivity contribution in [2.45, 2.75) is 53.0 Å². The molecule has 152 valence electrons. The van der Waals surface area contributed by atoms with Crippen LogP contribution < -0.4 is 10.2 Å². The van der Waals surface area contributed by atoms with Gasteiger partial charge in [0.25, 0.3) is 0 Å². The second kappa shape index (κ2) is 7.77. The molecule has 1 N–H and O–H groups in total. The van der Waals surface area contributed by atoms with Crippen LogP contribution in [0.25, 0.3) is 22.8 Å². The normalized spacial score (nSPS) is 15.3. The minimum Gasteiger partial charge on any atom is -0.492 e. The van der Waals surface area contributed by atoms with E-state index in [1.54, 1.807) is 6.07 Å². The predicted octanol–water partition coefficient (Wildman–Crippen LogP) is 3.33. The van der Waals surface area contributed by atoms with E-state index in [1.807, 2.05) is 13.1 Å². The van der Waals surface area contributed by atoms with Crippen molar-refractivity contribution >= 4 is 0 Å². The molecule has 0 saturated heterocycles. The molecule has 0 fully saturated rings. The van der Waals surface area contributed by atoms with Gasteiger partial charge in [0.15, 0.2) is 5.43 Å². The summed E-state index contributed by atoms with van der Waals surface area (Å²) in [7, 11) is 0. The number of tetrazole rings is 1. The Morgan fingerprint density at radius 3 is 2.86 bits per heavy atom. The fraction of sp³-hybridized carbons (Fsp3) is 0.476. The second-order valence-electron chi connectivity index (χ2n) is 7.88. The van der Waals surface area contributed by atoms with Crippen LogP contribution in [0.2, 0.25) is 0 Å². The standard InChI is InChI=1S/C21H26N6O2/c1-5-6-7-29-19-9-14-8-16(12(2)3)27-11-15(21-23-25-26-24-21)18(28)10-17(27)20(14)22-13(19)4/h9-12,16H,5-8H2,1-4H3,(H,23,24,25,26)/t16-/m0/s1. The first-order valence-corrected chi connectivity index (χ1v) is 10.1. The highest BCUT2D eigenvalue weighted by atomic mass is 16.5. The lowest BCUT2D eigenvalue weighted by Crippen LogP contribution is -2.27. The van der Waals surface area contributed by atoms with Crippen molar-refractivity contribution in [2.24, 2.45) is 5.92 Å². The maximum absolute atomic E-state index is 12.8. The van der Waals surface area contributed by atoms with Gasteiger partial charge in [0.1, 0.15) is 5.75 Å². The largest absolute Gasteiger partial charge is 0.492 e. The Kier molecular flexibility index (Phi) is 5.17. The number of pyridine rings is 2. The summed E-state index contributed by atoms with van der Waals surface area (Å²) in [5.74, 6) is 1.51. The van der Waals surface area contributed by atoms with Gasteiger partial charge in [-0.05, 0) is 42.5 Å². The lowest BCUT2D eigenvalue weighted by molar-refractivity contribution is 0.304. The smallest absolute Gasteiger partial charge is 0.210 e. The van der Waals surface area contributed by atoms with Gasteiger partial charge in [0.05, 0.1) is 29.3 Å². The topological polar surface area (TPSA) is 98.6 Å². The van der Waals surface area contributed by atoms with Crippen LogP contribution in [0, 0.1) is 12.8 Å². The zero-order valence-electron chi connectivity index (χ0n) is 17.3. The molecule has 8 nitrogen and oxygen atoms in total. The number of rotatable bonds is 6. The Labute approximate surface area is 169 Å². The van der Waals surface area contributed by atoms with E-state index in [0.29, 0.717) is 23.9 Å². The van der Waals surface area contributed by atoms with Crippen LogP contribution in [0.5, 0.6) is 5.75 Å². The molecule has 0 unspecified atom stereocenters. The number of nitrogens with one attached hydrogen (secondary N) is 1. The van der Waals surface area contributed by atoms with Crippen LogP contribution in [0.4, 0.5) is 0 Å². The third-order valence-corrected chi connectivity index (χ3v) is 5.47. The van der Waals surface area contributed by atoms with E-state index < -0.39 is 0 Å². The van der Waals surface area contributed by atoms with E-state index >= 15 is 0 Å². The molecule has 3 aromatic rings. The molecule has 0 amide bonds. The van der Waals surface area contributed by atoms with Crippen molar-refractivity contribution < 1.29 is 4.74 Å². The number of hydrogen-bond acceptors (Lipinski definition) is 6. The zero-order valence-corrected chi connectivity index (χ0v) is 17.3. The molecule has 0 spiro atoms. The summed E-state index contributed by atoms with van der Waals surface area (Å²) in [6.07, 6.45) is 4.78. The number of ether oxygens (including phenoxy) is 1. The summed E-state index contributed by atoms with van der Waals surface area (Å²) in [4.78, 5) is 17.6. The quantitative estimate of drug-likeness (QED) is 0.644. The summed E-state index contributed by atoms with van der Waals surface area (Å²) < 4.78 is 8.10. The van der Waals surface area contributed by atoms with E-state index in [4.69, 9.17) is 9.72 Å². The van der Waals surface area contributed by atoms with Crippen LogP contribution in [0.3, 0.4) is 0 Å². The first-order chi connectivity index (χ1) is 14.0. The van der Waals surface area contributed by atoms with Crippen LogP contribution >= 0.6 is 0 Å². The molecule has 0 radical (unpaired) electrons. The molecule has 8 heteroatoms. The van der Waals surface area contributed by atoms with E-state index in [-0.39, 0.29) is 11.5 Å². The van der Waals surface area contributed by atoms with E-state index in [2.05, 4.69) is 52.0 Å². The fourth-order valence-electron chi connectivity index (χ4n) is 3.81. The molecule has 4 rings (SSSR count). The summed E-state index contributed by atoms with van der Waals surface area (Å²) >= 11 is 0. The highest BCUT2D eigenvalue weighted by Crippen LogP contribution is 2.38. The number of aromatic nitrogens is 6. The third-order valence-electron chi connectivity index (χ3n) is 5.47. The maximum Gasteiger partial charge on any atom is 0.210 e. The molecule has 29 heavy (non-hydrogen) atoms. The summed E-state index contributed by atoms with van der Waals surface area (Å²) in [6, 6.07) is 3.93. The number of fused-ring (bicyclic) bond motifs is 3. The van der Waals surface area contributed by atoms with Gasteiger partial charge in [-0.25, -0.2) is 4.98 Å². The van der Waals surface area contributed by atoms with Crippen molar-refractivity contribution in [2.75, 3.05) is 6.61 Å². The molecule has 0 aliphatic carbocycles. The number of aryl methyl sites for hydroxylation is 1. The number of H-pyrrole nitrogens is 1. The SMILES string of the molecule is CCCCOc1cc2c(nc1C)-c1cc(=O)c(-c3nn[nH]n3)cn1[C@H](C(C)C)C2. The van der Waals surface area contributed by atoms with E-state index in [9.17, 15) is 4.79 Å². The van der Waals surface area contributed by atoms with Crippen molar-refractivity contribution in [1.82, 2.24) is 30.2 Å². The molecular formula is C21H26N6O2. The Bertz CT molecular complexity index is 1070. The highest BCUT2D eigenvalue weighted by Gasteiger charge is 2.29. The van der Waals surface area contributed by atoms with Crippen LogP contribution in [-0.2, 0) is 6.42 Å². The molecule has 0 saturated carbocycles. The minimum atomic E-state index is -0.143. The van der Waals surface area contributed by atoms with Crippen LogP contribution in [0.1, 0.15) is 50.9 Å². The van der Waals surface area contributed by atoms with Gasteiger partial charge < -0.3 is 9.30 Å². The van der Waals surface area contributed by atoms with Gasteiger partial charge >= 0.3 is 0 Å². The molecule has 0 bridgehead atoms. The van der Waals surface area contributed by atoms with Crippen molar-refractivity contribution in [3.8, 4) is 28.5 Å². The first-order valence-electron chi connectivity index (χ1n) is 10.1. The Balaban J connectivity index is 1.84. The average Bonchev–Trinajstić information content (AvgIpc) is 3.22. The Morgan fingerprint density at radius 2 is 2.17 bits per heavy atom. The molecule has 1 aliphatic heterocycles. The van der Waals surface area contributed by atoms with Gasteiger partial charge in [-0.2, -0.15) is 5.21 Å². The highest BCUT2D eigenvalue weighted by molar-refractivity contribution is 5.66. The maximum atomic E-state index is 12.8.